The fourth-order valence-electron chi connectivity index (χ4n) is 4.40. The van der Waals surface area contributed by atoms with Crippen LogP contribution >= 0.6 is 12.2 Å². The molecule has 4 rings (SSSR count). The van der Waals surface area contributed by atoms with Crippen LogP contribution in [0.5, 0.6) is 11.5 Å². The van der Waals surface area contributed by atoms with Crippen LogP contribution in [0, 0.1) is 10.1 Å². The number of carbonyl (C=O) groups is 1. The Kier molecular flexibility index (Phi) is 8.06. The van der Waals surface area contributed by atoms with Crippen LogP contribution in [0.3, 0.4) is 0 Å². The fraction of sp³-hybridized carbons (Fsp3) is 0.417. The lowest BCUT2D eigenvalue weighted by molar-refractivity contribution is -0.384. The number of amides is 1. The molecular weight excluding hydrogens is 486 g/mol. The van der Waals surface area contributed by atoms with Gasteiger partial charge in [0.25, 0.3) is 11.6 Å². The lowest BCUT2D eigenvalue weighted by atomic mass is 10.1. The van der Waals surface area contributed by atoms with Crippen molar-refractivity contribution >= 4 is 40.3 Å². The highest BCUT2D eigenvalue weighted by atomic mass is 32.1. The van der Waals surface area contributed by atoms with Crippen molar-refractivity contribution in [1.29, 1.82) is 0 Å². The summed E-state index contributed by atoms with van der Waals surface area (Å²) < 4.78 is 16.0. The number of nitrogens with zero attached hydrogens (tertiary/aromatic N) is 4. The monoisotopic (exact) mass is 515 g/mol. The molecule has 0 saturated carbocycles. The molecule has 2 aromatic rings. The number of hydrogen-bond acceptors (Lipinski definition) is 9. The Balaban J connectivity index is 1.41. The maximum atomic E-state index is 13.0. The molecule has 12 heteroatoms. The van der Waals surface area contributed by atoms with Crippen LogP contribution in [-0.2, 0) is 4.74 Å². The molecule has 2 heterocycles. The van der Waals surface area contributed by atoms with Gasteiger partial charge < -0.3 is 28.9 Å². The number of hydrogen-bond donors (Lipinski definition) is 1. The van der Waals surface area contributed by atoms with E-state index in [9.17, 15) is 14.9 Å². The SMILES string of the molecule is COc1cccc(OC)c1C(=O)NC(=S)N1CCN(c2ccc([N+](=O)[O-])c(N3CCOCC3)c2)CC1. The number of piperazine rings is 1. The minimum atomic E-state index is -0.401. The highest BCUT2D eigenvalue weighted by Gasteiger charge is 2.26. The van der Waals surface area contributed by atoms with E-state index in [1.807, 2.05) is 15.9 Å². The Morgan fingerprint density at radius 1 is 1.00 bits per heavy atom. The van der Waals surface area contributed by atoms with Gasteiger partial charge >= 0.3 is 0 Å². The van der Waals surface area contributed by atoms with Crippen LogP contribution in [0.15, 0.2) is 36.4 Å². The van der Waals surface area contributed by atoms with Crippen molar-refractivity contribution in [2.45, 2.75) is 0 Å². The minimum absolute atomic E-state index is 0.0925. The third-order valence-corrected chi connectivity index (χ3v) is 6.68. The molecule has 2 aromatic carbocycles. The Morgan fingerprint density at radius 2 is 1.64 bits per heavy atom. The third kappa shape index (κ3) is 5.44. The molecule has 0 radical (unpaired) electrons. The first-order chi connectivity index (χ1) is 17.4. The number of methoxy groups -OCH3 is 2. The van der Waals surface area contributed by atoms with Gasteiger partial charge in [-0.3, -0.25) is 20.2 Å². The number of benzene rings is 2. The van der Waals surface area contributed by atoms with Crippen molar-refractivity contribution in [3.63, 3.8) is 0 Å². The van der Waals surface area contributed by atoms with Gasteiger partial charge in [0.1, 0.15) is 22.7 Å². The molecule has 11 nitrogen and oxygen atoms in total. The second kappa shape index (κ2) is 11.4. The second-order valence-electron chi connectivity index (χ2n) is 8.30. The van der Waals surface area contributed by atoms with E-state index in [0.29, 0.717) is 74.8 Å². The molecule has 1 N–H and O–H groups in total. The quantitative estimate of drug-likeness (QED) is 0.350. The molecule has 192 valence electrons. The van der Waals surface area contributed by atoms with Gasteiger partial charge in [-0.05, 0) is 36.5 Å². The van der Waals surface area contributed by atoms with Gasteiger partial charge in [-0.25, -0.2) is 0 Å². The zero-order chi connectivity index (χ0) is 25.7. The number of rotatable bonds is 6. The van der Waals surface area contributed by atoms with Crippen molar-refractivity contribution in [3.8, 4) is 11.5 Å². The second-order valence-corrected chi connectivity index (χ2v) is 8.69. The number of nitro groups is 1. The summed E-state index contributed by atoms with van der Waals surface area (Å²) in [7, 11) is 2.98. The number of thiocarbonyl (C=S) groups is 1. The summed E-state index contributed by atoms with van der Waals surface area (Å²) in [4.78, 5) is 30.3. The zero-order valence-corrected chi connectivity index (χ0v) is 21.1. The summed E-state index contributed by atoms with van der Waals surface area (Å²) in [5.41, 5.74) is 1.90. The number of nitrogens with one attached hydrogen (secondary N) is 1. The van der Waals surface area contributed by atoms with E-state index in [1.54, 1.807) is 30.3 Å². The highest BCUT2D eigenvalue weighted by Crippen LogP contribution is 2.33. The van der Waals surface area contributed by atoms with Crippen molar-refractivity contribution in [2.24, 2.45) is 0 Å². The number of nitro benzene ring substituents is 1. The molecule has 0 spiro atoms. The first-order valence-electron chi connectivity index (χ1n) is 11.6. The average molecular weight is 516 g/mol. The van der Waals surface area contributed by atoms with Crippen LogP contribution in [0.2, 0.25) is 0 Å². The first-order valence-corrected chi connectivity index (χ1v) is 12.0. The van der Waals surface area contributed by atoms with Crippen molar-refractivity contribution in [1.82, 2.24) is 10.2 Å². The normalized spacial score (nSPS) is 15.9. The van der Waals surface area contributed by atoms with Crippen LogP contribution in [0.25, 0.3) is 0 Å². The summed E-state index contributed by atoms with van der Waals surface area (Å²) in [6, 6.07) is 10.4. The molecule has 0 atom stereocenters. The van der Waals surface area contributed by atoms with Gasteiger partial charge in [0.05, 0.1) is 32.4 Å². The minimum Gasteiger partial charge on any atom is -0.496 e. The molecule has 0 aromatic heterocycles. The van der Waals surface area contributed by atoms with Crippen molar-refractivity contribution in [3.05, 3.63) is 52.1 Å². The van der Waals surface area contributed by atoms with Gasteiger partial charge in [0.2, 0.25) is 0 Å². The van der Waals surface area contributed by atoms with Gasteiger partial charge in [-0.2, -0.15) is 0 Å². The lowest BCUT2D eigenvalue weighted by Crippen LogP contribution is -2.52. The fourth-order valence-corrected chi connectivity index (χ4v) is 4.68. The van der Waals surface area contributed by atoms with E-state index in [1.165, 1.54) is 14.2 Å². The van der Waals surface area contributed by atoms with E-state index in [4.69, 9.17) is 26.4 Å². The van der Waals surface area contributed by atoms with Crippen LogP contribution in [0.4, 0.5) is 17.1 Å². The molecule has 0 aliphatic carbocycles. The number of ether oxygens (including phenoxy) is 3. The molecule has 2 saturated heterocycles. The van der Waals surface area contributed by atoms with Crippen LogP contribution < -0.4 is 24.6 Å². The highest BCUT2D eigenvalue weighted by molar-refractivity contribution is 7.80. The summed E-state index contributed by atoms with van der Waals surface area (Å²) >= 11 is 5.52. The zero-order valence-electron chi connectivity index (χ0n) is 20.3. The Bertz CT molecular complexity index is 1110. The summed E-state index contributed by atoms with van der Waals surface area (Å²) in [5.74, 6) is 0.393. The largest absolute Gasteiger partial charge is 0.496 e. The first kappa shape index (κ1) is 25.5. The van der Waals surface area contributed by atoms with Crippen LogP contribution in [-0.4, -0.2) is 87.5 Å². The Hall–Kier alpha value is -3.64. The summed E-state index contributed by atoms with van der Waals surface area (Å²) in [6.07, 6.45) is 0. The van der Waals surface area contributed by atoms with E-state index in [0.717, 1.165) is 5.69 Å². The molecule has 36 heavy (non-hydrogen) atoms. The molecule has 0 bridgehead atoms. The predicted octanol–water partition coefficient (Wildman–Crippen LogP) is 2.29. The number of anilines is 2. The number of carbonyl (C=O) groups excluding carboxylic acids is 1. The third-order valence-electron chi connectivity index (χ3n) is 6.31. The van der Waals surface area contributed by atoms with Gasteiger partial charge in [0.15, 0.2) is 5.11 Å². The van der Waals surface area contributed by atoms with Gasteiger partial charge in [0, 0.05) is 51.0 Å². The summed E-state index contributed by atoms with van der Waals surface area (Å²) in [6.45, 7) is 4.79. The lowest BCUT2D eigenvalue weighted by Gasteiger charge is -2.37. The standard InChI is InChI=1S/C24H29N5O6S/c1-33-20-4-3-5-21(34-2)22(20)23(30)25-24(36)28-10-8-26(9-11-28)17-6-7-18(29(31)32)19(16-17)27-12-14-35-15-13-27/h3-7,16H,8-15H2,1-2H3,(H,25,30,36). The molecule has 2 fully saturated rings. The topological polar surface area (TPSA) is 110 Å². The van der Waals surface area contributed by atoms with Crippen molar-refractivity contribution in [2.75, 3.05) is 76.5 Å². The van der Waals surface area contributed by atoms with Gasteiger partial charge in [-0.15, -0.1) is 0 Å². The van der Waals surface area contributed by atoms with E-state index in [2.05, 4.69) is 10.2 Å². The van der Waals surface area contributed by atoms with E-state index in [-0.39, 0.29) is 16.2 Å². The van der Waals surface area contributed by atoms with Gasteiger partial charge in [-0.1, -0.05) is 6.07 Å². The smallest absolute Gasteiger partial charge is 0.292 e. The Morgan fingerprint density at radius 3 is 2.22 bits per heavy atom. The maximum Gasteiger partial charge on any atom is 0.292 e. The molecule has 2 aliphatic rings. The molecule has 1 amide bonds. The number of morpholine rings is 1. The predicted molar refractivity (Wildman–Crippen MR) is 140 cm³/mol. The molecule has 0 unspecified atom stereocenters. The van der Waals surface area contributed by atoms with Crippen molar-refractivity contribution < 1.29 is 23.9 Å². The molecule has 2 aliphatic heterocycles. The maximum absolute atomic E-state index is 13.0. The van der Waals surface area contributed by atoms with Crippen LogP contribution in [0.1, 0.15) is 10.4 Å². The summed E-state index contributed by atoms with van der Waals surface area (Å²) in [5, 5.41) is 14.7. The molecular formula is C24H29N5O6S. The van der Waals surface area contributed by atoms with E-state index < -0.39 is 5.91 Å². The Labute approximate surface area is 214 Å². The average Bonchev–Trinajstić information content (AvgIpc) is 2.92. The van der Waals surface area contributed by atoms with E-state index >= 15 is 0 Å².